The molecular weight excluding hydrogens is 172 g/mol. The molecule has 0 radical (unpaired) electrons. The van der Waals surface area contributed by atoms with Crippen molar-refractivity contribution in [1.29, 1.82) is 0 Å². The molecule has 0 unspecified atom stereocenters. The van der Waals surface area contributed by atoms with Crippen LogP contribution in [0.5, 0.6) is 0 Å². The van der Waals surface area contributed by atoms with Crippen LogP contribution in [0.4, 0.5) is 0 Å². The molecule has 2 N–H and O–H groups in total. The van der Waals surface area contributed by atoms with E-state index in [9.17, 15) is 4.79 Å². The van der Waals surface area contributed by atoms with Gasteiger partial charge in [0.2, 0.25) is 0 Å². The quantitative estimate of drug-likeness (QED) is 0.517. The Hall–Kier alpha value is -1.68. The Labute approximate surface area is 75.4 Å². The van der Waals surface area contributed by atoms with E-state index in [1.165, 1.54) is 0 Å². The average Bonchev–Trinajstić information content (AvgIpc) is 2.19. The molecule has 0 aliphatic rings. The Morgan fingerprint density at radius 2 is 1.77 bits per heavy atom. The van der Waals surface area contributed by atoms with E-state index in [0.29, 0.717) is 5.56 Å². The highest BCUT2D eigenvalue weighted by atomic mass is 16.3. The summed E-state index contributed by atoms with van der Waals surface area (Å²) in [6.07, 6.45) is 0. The van der Waals surface area contributed by atoms with Crippen LogP contribution >= 0.6 is 0 Å². The van der Waals surface area contributed by atoms with Crippen molar-refractivity contribution in [2.24, 2.45) is 0 Å². The highest BCUT2D eigenvalue weighted by Crippen LogP contribution is 1.97. The van der Waals surface area contributed by atoms with Crippen molar-refractivity contribution in [3.8, 4) is 0 Å². The van der Waals surface area contributed by atoms with Crippen LogP contribution in [0, 0.1) is 0 Å². The number of aliphatic hydroxyl groups is 1. The molecule has 1 aromatic carbocycles. The third-order valence-corrected chi connectivity index (χ3v) is 1.24. The Morgan fingerprint density at radius 1 is 1.31 bits per heavy atom. The van der Waals surface area contributed by atoms with Crippen LogP contribution in [0.1, 0.15) is 10.4 Å². The van der Waals surface area contributed by atoms with Crippen LogP contribution in [0.25, 0.3) is 0 Å². The molecule has 0 saturated heterocycles. The minimum Gasteiger partial charge on any atom is -0.483 e. The van der Waals surface area contributed by atoms with Crippen molar-refractivity contribution in [2.45, 2.75) is 0 Å². The second kappa shape index (κ2) is 7.00. The molecule has 0 amide bonds. The number of carbonyl (C=O) groups excluding carboxylic acids is 1. The summed E-state index contributed by atoms with van der Waals surface area (Å²) in [6.45, 7) is -0.663. The third kappa shape index (κ3) is 4.71. The van der Waals surface area contributed by atoms with E-state index in [0.717, 1.165) is 0 Å². The highest BCUT2D eigenvalue weighted by Gasteiger charge is 1.99. The highest BCUT2D eigenvalue weighted by molar-refractivity contribution is 5.96. The number of Topliss-reactive ketones (excluding diaryl/α,β-unsaturated/α-hetero) is 1. The zero-order valence-corrected chi connectivity index (χ0v) is 6.88. The fourth-order valence-corrected chi connectivity index (χ4v) is 0.715. The van der Waals surface area contributed by atoms with Crippen LogP contribution in [-0.4, -0.2) is 29.1 Å². The molecule has 4 nitrogen and oxygen atoms in total. The van der Waals surface area contributed by atoms with Crippen LogP contribution in [0.3, 0.4) is 0 Å². The summed E-state index contributed by atoms with van der Waals surface area (Å²) in [5.74, 6) is -0.236. The number of carboxylic acid groups (broad SMARTS) is 1. The van der Waals surface area contributed by atoms with Gasteiger partial charge in [-0.05, 0) is 0 Å². The Balaban J connectivity index is 0.000000424. The second-order valence-corrected chi connectivity index (χ2v) is 2.05. The lowest BCUT2D eigenvalue weighted by atomic mass is 10.1. The Bertz CT molecular complexity index is 256. The van der Waals surface area contributed by atoms with Gasteiger partial charge >= 0.3 is 0 Å². The van der Waals surface area contributed by atoms with E-state index in [2.05, 4.69) is 0 Å². The Morgan fingerprint density at radius 3 is 2.15 bits per heavy atom. The van der Waals surface area contributed by atoms with Crippen molar-refractivity contribution in [3.63, 3.8) is 0 Å². The first-order valence-corrected chi connectivity index (χ1v) is 3.53. The van der Waals surface area contributed by atoms with Crippen LogP contribution < -0.4 is 0 Å². The summed E-state index contributed by atoms with van der Waals surface area (Å²) in [6, 6.07) is 8.72. The number of benzene rings is 1. The van der Waals surface area contributed by atoms with Gasteiger partial charge in [-0.15, -0.1) is 0 Å². The summed E-state index contributed by atoms with van der Waals surface area (Å²) in [7, 11) is 0. The summed E-state index contributed by atoms with van der Waals surface area (Å²) in [5.41, 5.74) is 0.560. The van der Waals surface area contributed by atoms with Crippen molar-refractivity contribution in [2.75, 3.05) is 6.61 Å². The van der Waals surface area contributed by atoms with E-state index in [4.69, 9.17) is 15.0 Å². The first-order valence-electron chi connectivity index (χ1n) is 3.53. The fraction of sp³-hybridized carbons (Fsp3) is 0.111. The molecule has 0 heterocycles. The summed E-state index contributed by atoms with van der Waals surface area (Å²) < 4.78 is 0. The number of ketones is 1. The van der Waals surface area contributed by atoms with Gasteiger partial charge in [0, 0.05) is 5.56 Å². The van der Waals surface area contributed by atoms with Gasteiger partial charge in [0.15, 0.2) is 5.78 Å². The lowest BCUT2D eigenvalue weighted by Crippen LogP contribution is -2.02. The molecule has 0 spiro atoms. The predicted molar refractivity (Wildman–Crippen MR) is 46.6 cm³/mol. The second-order valence-electron chi connectivity index (χ2n) is 2.05. The molecule has 0 aliphatic heterocycles. The summed E-state index contributed by atoms with van der Waals surface area (Å²) >= 11 is 0. The molecule has 13 heavy (non-hydrogen) atoms. The first-order chi connectivity index (χ1) is 6.26. The van der Waals surface area contributed by atoms with Gasteiger partial charge in [0.05, 0.1) is 0 Å². The topological polar surface area (TPSA) is 74.6 Å². The molecule has 0 saturated carbocycles. The van der Waals surface area contributed by atoms with E-state index in [1.54, 1.807) is 24.3 Å². The van der Waals surface area contributed by atoms with Crippen LogP contribution in [-0.2, 0) is 4.79 Å². The lowest BCUT2D eigenvalue weighted by Gasteiger charge is -1.93. The fourth-order valence-electron chi connectivity index (χ4n) is 0.715. The standard InChI is InChI=1S/C8H8O2.CH2O2/c9-6-8(10)7-4-2-1-3-5-7;2-1-3/h1-5,9H,6H2;1H,(H,2,3). The van der Waals surface area contributed by atoms with Gasteiger partial charge in [-0.25, -0.2) is 0 Å². The number of hydrogen-bond donors (Lipinski definition) is 2. The van der Waals surface area contributed by atoms with Crippen molar-refractivity contribution in [3.05, 3.63) is 35.9 Å². The van der Waals surface area contributed by atoms with Gasteiger partial charge in [-0.1, -0.05) is 30.3 Å². The molecule has 0 aliphatic carbocycles. The Kier molecular flexibility index (Phi) is 6.09. The minimum absolute atomic E-state index is 0.236. The zero-order valence-electron chi connectivity index (χ0n) is 6.88. The first kappa shape index (κ1) is 11.3. The predicted octanol–water partition coefficient (Wildman–Crippen LogP) is 0.562. The van der Waals surface area contributed by atoms with Gasteiger partial charge in [-0.3, -0.25) is 9.59 Å². The monoisotopic (exact) mass is 182 g/mol. The SMILES string of the molecule is O=C(CO)c1ccccc1.O=CO. The molecule has 1 aromatic rings. The normalized spacial score (nSPS) is 8.08. The number of carbonyl (C=O) groups is 2. The number of aliphatic hydroxyl groups excluding tert-OH is 1. The van der Waals surface area contributed by atoms with E-state index in [-0.39, 0.29) is 12.3 Å². The molecular formula is C9H10O4. The average molecular weight is 182 g/mol. The molecule has 0 bridgehead atoms. The van der Waals surface area contributed by atoms with Crippen LogP contribution in [0.15, 0.2) is 30.3 Å². The van der Waals surface area contributed by atoms with E-state index in [1.807, 2.05) is 6.07 Å². The number of rotatable bonds is 2. The zero-order chi connectivity index (χ0) is 10.1. The third-order valence-electron chi connectivity index (χ3n) is 1.24. The molecule has 70 valence electrons. The smallest absolute Gasteiger partial charge is 0.290 e. The molecule has 0 atom stereocenters. The van der Waals surface area contributed by atoms with E-state index >= 15 is 0 Å². The van der Waals surface area contributed by atoms with Gasteiger partial charge in [0.25, 0.3) is 6.47 Å². The van der Waals surface area contributed by atoms with Gasteiger partial charge < -0.3 is 10.2 Å². The molecule has 0 fully saturated rings. The van der Waals surface area contributed by atoms with Crippen molar-refractivity contribution < 1.29 is 19.8 Å². The van der Waals surface area contributed by atoms with Gasteiger partial charge in [-0.2, -0.15) is 0 Å². The summed E-state index contributed by atoms with van der Waals surface area (Å²) in [5, 5.41) is 15.3. The minimum atomic E-state index is -0.413. The summed E-state index contributed by atoms with van der Waals surface area (Å²) in [4.78, 5) is 19.1. The van der Waals surface area contributed by atoms with E-state index < -0.39 is 6.61 Å². The maximum Gasteiger partial charge on any atom is 0.290 e. The maximum absolute atomic E-state index is 10.8. The molecule has 4 heteroatoms. The number of hydrogen-bond acceptors (Lipinski definition) is 3. The maximum atomic E-state index is 10.8. The van der Waals surface area contributed by atoms with Crippen molar-refractivity contribution in [1.82, 2.24) is 0 Å². The molecule has 1 rings (SSSR count). The lowest BCUT2D eigenvalue weighted by molar-refractivity contribution is -0.122. The van der Waals surface area contributed by atoms with Gasteiger partial charge in [0.1, 0.15) is 6.61 Å². The molecule has 0 aromatic heterocycles. The van der Waals surface area contributed by atoms with Crippen LogP contribution in [0.2, 0.25) is 0 Å². The largest absolute Gasteiger partial charge is 0.483 e. The van der Waals surface area contributed by atoms with Crippen molar-refractivity contribution >= 4 is 12.3 Å².